The van der Waals surface area contributed by atoms with Crippen molar-refractivity contribution in [2.24, 2.45) is 5.73 Å². The van der Waals surface area contributed by atoms with E-state index in [2.05, 4.69) is 24.1 Å². The molecule has 88 valence electrons. The van der Waals surface area contributed by atoms with Crippen LogP contribution in [0.2, 0.25) is 0 Å². The molecule has 0 aromatic carbocycles. The minimum atomic E-state index is -0.482. The number of nitrogens with one attached hydrogen (secondary N) is 1. The first kappa shape index (κ1) is 12.5. The Kier molecular flexibility index (Phi) is 4.11. The summed E-state index contributed by atoms with van der Waals surface area (Å²) in [6.07, 6.45) is 2.70. The lowest BCUT2D eigenvalue weighted by Gasteiger charge is -2.29. The van der Waals surface area contributed by atoms with Gasteiger partial charge in [0.15, 0.2) is 0 Å². The highest BCUT2D eigenvalue weighted by Gasteiger charge is 2.36. The Morgan fingerprint density at radius 3 is 2.53 bits per heavy atom. The first-order valence-corrected chi connectivity index (χ1v) is 5.75. The zero-order valence-electron chi connectivity index (χ0n) is 10.0. The maximum Gasteiger partial charge on any atom is 0.237 e. The second-order valence-electron chi connectivity index (χ2n) is 4.68. The number of hydrogen-bond acceptors (Lipinski definition) is 3. The average molecular weight is 213 g/mol. The molecule has 1 saturated heterocycles. The Morgan fingerprint density at radius 1 is 1.40 bits per heavy atom. The molecule has 1 unspecified atom stereocenters. The van der Waals surface area contributed by atoms with Crippen molar-refractivity contribution in [3.63, 3.8) is 0 Å². The molecule has 1 aliphatic rings. The molecule has 0 spiro atoms. The second kappa shape index (κ2) is 4.94. The minimum absolute atomic E-state index is 0.212. The van der Waals surface area contributed by atoms with E-state index in [1.165, 1.54) is 0 Å². The molecule has 4 nitrogen and oxygen atoms in total. The van der Waals surface area contributed by atoms with Gasteiger partial charge in [0.05, 0.1) is 5.54 Å². The molecule has 15 heavy (non-hydrogen) atoms. The highest BCUT2D eigenvalue weighted by molar-refractivity contribution is 5.84. The van der Waals surface area contributed by atoms with Gasteiger partial charge < -0.3 is 16.0 Å². The quantitative estimate of drug-likeness (QED) is 0.710. The summed E-state index contributed by atoms with van der Waals surface area (Å²) in [5.74, 6) is -0.212. The monoisotopic (exact) mass is 213 g/mol. The van der Waals surface area contributed by atoms with Crippen molar-refractivity contribution in [2.45, 2.75) is 44.7 Å². The highest BCUT2D eigenvalue weighted by Crippen LogP contribution is 2.22. The standard InChI is InChI=1S/C11H23N3O/c1-9(2)14-7-4-5-11(13-3,6-8-14)10(12)15/h9,13H,4-8H2,1-3H3,(H2,12,15). The van der Waals surface area contributed by atoms with E-state index < -0.39 is 5.54 Å². The van der Waals surface area contributed by atoms with E-state index in [0.29, 0.717) is 6.04 Å². The van der Waals surface area contributed by atoms with E-state index >= 15 is 0 Å². The predicted octanol–water partition coefficient (Wildman–Crippen LogP) is 0.324. The van der Waals surface area contributed by atoms with Gasteiger partial charge in [0.2, 0.25) is 5.91 Å². The normalized spacial score (nSPS) is 29.1. The van der Waals surface area contributed by atoms with E-state index in [-0.39, 0.29) is 5.91 Å². The zero-order chi connectivity index (χ0) is 11.5. The summed E-state index contributed by atoms with van der Waals surface area (Å²) < 4.78 is 0. The van der Waals surface area contributed by atoms with Crippen LogP contribution in [-0.4, -0.2) is 42.5 Å². The molecule has 0 aromatic heterocycles. The number of rotatable bonds is 3. The van der Waals surface area contributed by atoms with Crippen LogP contribution in [0.25, 0.3) is 0 Å². The second-order valence-corrected chi connectivity index (χ2v) is 4.68. The van der Waals surface area contributed by atoms with E-state index in [4.69, 9.17) is 5.73 Å². The zero-order valence-corrected chi connectivity index (χ0v) is 10.0. The largest absolute Gasteiger partial charge is 0.368 e. The third kappa shape index (κ3) is 2.69. The first-order valence-electron chi connectivity index (χ1n) is 5.75. The van der Waals surface area contributed by atoms with Gasteiger partial charge in [0, 0.05) is 12.6 Å². The Labute approximate surface area is 92.2 Å². The molecule has 1 fully saturated rings. The first-order chi connectivity index (χ1) is 7.02. The lowest BCUT2D eigenvalue weighted by atomic mass is 9.90. The molecule has 1 amide bonds. The van der Waals surface area contributed by atoms with Gasteiger partial charge in [-0.15, -0.1) is 0 Å². The van der Waals surface area contributed by atoms with Crippen LogP contribution >= 0.6 is 0 Å². The van der Waals surface area contributed by atoms with Gasteiger partial charge in [-0.1, -0.05) is 0 Å². The van der Waals surface area contributed by atoms with Crippen LogP contribution in [0.5, 0.6) is 0 Å². The van der Waals surface area contributed by atoms with Crippen molar-refractivity contribution in [1.29, 1.82) is 0 Å². The number of primary amides is 1. The predicted molar refractivity (Wildman–Crippen MR) is 61.5 cm³/mol. The molecular weight excluding hydrogens is 190 g/mol. The smallest absolute Gasteiger partial charge is 0.237 e. The molecule has 1 atom stereocenters. The van der Waals surface area contributed by atoms with Crippen LogP contribution in [0.3, 0.4) is 0 Å². The van der Waals surface area contributed by atoms with Gasteiger partial charge in [0.1, 0.15) is 0 Å². The molecule has 0 saturated carbocycles. The van der Waals surface area contributed by atoms with Crippen LogP contribution < -0.4 is 11.1 Å². The van der Waals surface area contributed by atoms with Gasteiger partial charge in [0.25, 0.3) is 0 Å². The lowest BCUT2D eigenvalue weighted by Crippen LogP contribution is -2.54. The van der Waals surface area contributed by atoms with Gasteiger partial charge in [-0.2, -0.15) is 0 Å². The molecule has 3 N–H and O–H groups in total. The van der Waals surface area contributed by atoms with Crippen LogP contribution in [0.4, 0.5) is 0 Å². The molecular formula is C11H23N3O. The Hall–Kier alpha value is -0.610. The van der Waals surface area contributed by atoms with Crippen molar-refractivity contribution in [3.05, 3.63) is 0 Å². The van der Waals surface area contributed by atoms with E-state index in [9.17, 15) is 4.79 Å². The molecule has 1 aliphatic heterocycles. The Balaban J connectivity index is 2.69. The number of likely N-dealkylation sites (N-methyl/N-ethyl adjacent to an activating group) is 1. The fourth-order valence-corrected chi connectivity index (χ4v) is 2.29. The van der Waals surface area contributed by atoms with Crippen molar-refractivity contribution >= 4 is 5.91 Å². The summed E-state index contributed by atoms with van der Waals surface area (Å²) in [7, 11) is 1.83. The van der Waals surface area contributed by atoms with E-state index in [0.717, 1.165) is 32.4 Å². The van der Waals surface area contributed by atoms with Crippen LogP contribution in [0, 0.1) is 0 Å². The summed E-state index contributed by atoms with van der Waals surface area (Å²) in [5, 5.41) is 3.12. The molecule has 0 aromatic rings. The summed E-state index contributed by atoms with van der Waals surface area (Å²) in [5.41, 5.74) is 5.00. The van der Waals surface area contributed by atoms with Crippen LogP contribution in [-0.2, 0) is 4.79 Å². The van der Waals surface area contributed by atoms with Crippen molar-refractivity contribution in [3.8, 4) is 0 Å². The molecule has 4 heteroatoms. The van der Waals surface area contributed by atoms with Crippen molar-refractivity contribution in [1.82, 2.24) is 10.2 Å². The lowest BCUT2D eigenvalue weighted by molar-refractivity contribution is -0.124. The summed E-state index contributed by atoms with van der Waals surface area (Å²) in [4.78, 5) is 13.9. The number of hydrogen-bond donors (Lipinski definition) is 2. The molecule has 1 rings (SSSR count). The maximum atomic E-state index is 11.5. The molecule has 0 radical (unpaired) electrons. The number of carbonyl (C=O) groups is 1. The number of carbonyl (C=O) groups excluding carboxylic acids is 1. The van der Waals surface area contributed by atoms with Crippen LogP contribution in [0.15, 0.2) is 0 Å². The molecule has 0 aliphatic carbocycles. The minimum Gasteiger partial charge on any atom is -0.368 e. The summed E-state index contributed by atoms with van der Waals surface area (Å²) >= 11 is 0. The fourth-order valence-electron chi connectivity index (χ4n) is 2.29. The average Bonchev–Trinajstić information content (AvgIpc) is 2.40. The van der Waals surface area contributed by atoms with E-state index in [1.54, 1.807) is 0 Å². The van der Waals surface area contributed by atoms with Gasteiger partial charge in [-0.25, -0.2) is 0 Å². The third-order valence-corrected chi connectivity index (χ3v) is 3.56. The third-order valence-electron chi connectivity index (χ3n) is 3.56. The number of likely N-dealkylation sites (tertiary alicyclic amines) is 1. The van der Waals surface area contributed by atoms with Crippen molar-refractivity contribution < 1.29 is 4.79 Å². The van der Waals surface area contributed by atoms with Crippen LogP contribution in [0.1, 0.15) is 33.1 Å². The molecule has 0 bridgehead atoms. The fraction of sp³-hybridized carbons (Fsp3) is 0.909. The topological polar surface area (TPSA) is 58.4 Å². The number of nitrogens with zero attached hydrogens (tertiary/aromatic N) is 1. The molecule has 1 heterocycles. The Bertz CT molecular complexity index is 230. The number of amides is 1. The van der Waals surface area contributed by atoms with Crippen molar-refractivity contribution in [2.75, 3.05) is 20.1 Å². The number of nitrogens with two attached hydrogens (primary N) is 1. The highest BCUT2D eigenvalue weighted by atomic mass is 16.1. The maximum absolute atomic E-state index is 11.5. The van der Waals surface area contributed by atoms with E-state index in [1.807, 2.05) is 7.05 Å². The summed E-state index contributed by atoms with van der Waals surface area (Å²) in [6.45, 7) is 6.39. The van der Waals surface area contributed by atoms with Gasteiger partial charge in [-0.05, 0) is 46.7 Å². The van der Waals surface area contributed by atoms with Gasteiger partial charge in [-0.3, -0.25) is 4.79 Å². The van der Waals surface area contributed by atoms with Gasteiger partial charge >= 0.3 is 0 Å². The Morgan fingerprint density at radius 2 is 2.07 bits per heavy atom. The summed E-state index contributed by atoms with van der Waals surface area (Å²) in [6, 6.07) is 0.547. The SMILES string of the molecule is CNC1(C(N)=O)CCCN(C(C)C)CC1.